The molecule has 36 heavy (non-hydrogen) atoms. The number of aryl methyl sites for hydroxylation is 1. The standard InChI is InChI=1S/C26H23N5O3S2/c1-17-13-28-19(14-27-17)15-29-24(32)9-4-10-31(25(33)23-8-5-11-35-23)26-30-20(16-36-26)22-12-18-6-2-3-7-21(18)34-22/h2-3,5-8,11-14,16H,4,9-10,15H2,1H3,(H,29,32). The summed E-state index contributed by atoms with van der Waals surface area (Å²) in [5.41, 5.74) is 2.99. The number of amides is 2. The summed E-state index contributed by atoms with van der Waals surface area (Å²) in [5, 5.41) is 8.18. The van der Waals surface area contributed by atoms with E-state index in [1.807, 2.05) is 54.1 Å². The molecule has 0 saturated carbocycles. The lowest BCUT2D eigenvalue weighted by molar-refractivity contribution is -0.121. The number of hydrogen-bond acceptors (Lipinski definition) is 8. The SMILES string of the molecule is Cc1cnc(CNC(=O)CCCN(C(=O)c2cccs2)c2nc(-c3cc4ccccc4o3)cs2)cn1. The van der Waals surface area contributed by atoms with Crippen molar-refractivity contribution >= 4 is 50.6 Å². The van der Waals surface area contributed by atoms with E-state index in [9.17, 15) is 9.59 Å². The zero-order valence-electron chi connectivity index (χ0n) is 19.5. The van der Waals surface area contributed by atoms with Gasteiger partial charge in [-0.05, 0) is 36.9 Å². The van der Waals surface area contributed by atoms with E-state index in [4.69, 9.17) is 9.40 Å². The summed E-state index contributed by atoms with van der Waals surface area (Å²) in [6.45, 7) is 2.54. The average molecular weight is 518 g/mol. The highest BCUT2D eigenvalue weighted by atomic mass is 32.1. The largest absolute Gasteiger partial charge is 0.454 e. The molecule has 5 aromatic rings. The Morgan fingerprint density at radius 1 is 1.08 bits per heavy atom. The van der Waals surface area contributed by atoms with Gasteiger partial charge in [-0.2, -0.15) is 0 Å². The Balaban J connectivity index is 1.26. The van der Waals surface area contributed by atoms with Gasteiger partial charge in [0, 0.05) is 29.9 Å². The first kappa shape index (κ1) is 23.8. The summed E-state index contributed by atoms with van der Waals surface area (Å²) < 4.78 is 5.94. The quantitative estimate of drug-likeness (QED) is 0.279. The molecule has 1 aromatic carbocycles. The third kappa shape index (κ3) is 5.50. The molecule has 0 saturated heterocycles. The highest BCUT2D eigenvalue weighted by Gasteiger charge is 2.23. The van der Waals surface area contributed by atoms with Crippen LogP contribution in [0.25, 0.3) is 22.4 Å². The van der Waals surface area contributed by atoms with Crippen molar-refractivity contribution < 1.29 is 14.0 Å². The van der Waals surface area contributed by atoms with E-state index in [1.165, 1.54) is 22.7 Å². The van der Waals surface area contributed by atoms with E-state index in [2.05, 4.69) is 15.3 Å². The van der Waals surface area contributed by atoms with Gasteiger partial charge in [-0.25, -0.2) is 4.98 Å². The number of fused-ring (bicyclic) bond motifs is 1. The first-order valence-corrected chi connectivity index (χ1v) is 13.2. The number of rotatable bonds is 9. The molecule has 182 valence electrons. The van der Waals surface area contributed by atoms with Gasteiger partial charge in [-0.1, -0.05) is 24.3 Å². The number of carbonyl (C=O) groups is 2. The Hall–Kier alpha value is -3.89. The van der Waals surface area contributed by atoms with Crippen LogP contribution in [0.3, 0.4) is 0 Å². The number of aromatic nitrogens is 3. The number of furan rings is 1. The van der Waals surface area contributed by atoms with Crippen molar-refractivity contribution in [3.63, 3.8) is 0 Å². The van der Waals surface area contributed by atoms with Gasteiger partial charge in [0.2, 0.25) is 5.91 Å². The molecule has 5 rings (SSSR count). The lowest BCUT2D eigenvalue weighted by atomic mass is 10.2. The molecule has 0 fully saturated rings. The smallest absolute Gasteiger partial charge is 0.270 e. The van der Waals surface area contributed by atoms with Gasteiger partial charge in [-0.3, -0.25) is 24.5 Å². The van der Waals surface area contributed by atoms with Crippen LogP contribution in [0.5, 0.6) is 0 Å². The minimum Gasteiger partial charge on any atom is -0.454 e. The first-order valence-electron chi connectivity index (χ1n) is 11.4. The monoisotopic (exact) mass is 517 g/mol. The van der Waals surface area contributed by atoms with Crippen LogP contribution in [-0.4, -0.2) is 33.3 Å². The zero-order valence-corrected chi connectivity index (χ0v) is 21.1. The highest BCUT2D eigenvalue weighted by molar-refractivity contribution is 7.14. The Bertz CT molecular complexity index is 1440. The maximum atomic E-state index is 13.3. The predicted octanol–water partition coefficient (Wildman–Crippen LogP) is 5.46. The molecule has 1 N–H and O–H groups in total. The van der Waals surface area contributed by atoms with Gasteiger partial charge < -0.3 is 9.73 Å². The Morgan fingerprint density at radius 3 is 2.75 bits per heavy atom. The minimum atomic E-state index is -0.133. The number of anilines is 1. The van der Waals surface area contributed by atoms with Gasteiger partial charge in [0.05, 0.1) is 29.0 Å². The number of thiophene rings is 1. The van der Waals surface area contributed by atoms with Gasteiger partial charge >= 0.3 is 0 Å². The van der Waals surface area contributed by atoms with Crippen molar-refractivity contribution in [1.82, 2.24) is 20.3 Å². The van der Waals surface area contributed by atoms with Crippen LogP contribution in [0.4, 0.5) is 5.13 Å². The molecule has 10 heteroatoms. The third-order valence-electron chi connectivity index (χ3n) is 5.46. The number of nitrogens with one attached hydrogen (secondary N) is 1. The van der Waals surface area contributed by atoms with Crippen LogP contribution < -0.4 is 10.2 Å². The highest BCUT2D eigenvalue weighted by Crippen LogP contribution is 2.32. The average Bonchev–Trinajstić information content (AvgIpc) is 3.66. The molecule has 8 nitrogen and oxygen atoms in total. The summed E-state index contributed by atoms with van der Waals surface area (Å²) in [4.78, 5) is 41.1. The molecule has 2 amide bonds. The Labute approximate surface area is 215 Å². The maximum Gasteiger partial charge on any atom is 0.270 e. The molecule has 0 aliphatic rings. The molecule has 0 aliphatic carbocycles. The zero-order chi connectivity index (χ0) is 24.9. The van der Waals surface area contributed by atoms with Crippen LogP contribution in [0, 0.1) is 6.92 Å². The van der Waals surface area contributed by atoms with Gasteiger partial charge in [0.1, 0.15) is 11.3 Å². The molecular formula is C26H23N5O3S2. The van der Waals surface area contributed by atoms with E-state index in [0.717, 1.165) is 16.7 Å². The second-order valence-corrected chi connectivity index (χ2v) is 9.91. The second kappa shape index (κ2) is 10.8. The molecule has 4 aromatic heterocycles. The maximum absolute atomic E-state index is 13.3. The number of carbonyl (C=O) groups excluding carboxylic acids is 2. The molecule has 0 unspecified atom stereocenters. The van der Waals surface area contributed by atoms with Crippen molar-refractivity contribution in [1.29, 1.82) is 0 Å². The Kier molecular flexibility index (Phi) is 7.15. The number of thiazole rings is 1. The van der Waals surface area contributed by atoms with Crippen LogP contribution in [0.1, 0.15) is 33.9 Å². The van der Waals surface area contributed by atoms with Crippen molar-refractivity contribution in [3.8, 4) is 11.5 Å². The van der Waals surface area contributed by atoms with Crippen molar-refractivity contribution in [3.05, 3.63) is 81.9 Å². The lowest BCUT2D eigenvalue weighted by Gasteiger charge is -2.19. The molecule has 0 aliphatic heterocycles. The number of para-hydroxylation sites is 1. The molecule has 0 radical (unpaired) electrons. The number of benzene rings is 1. The van der Waals surface area contributed by atoms with E-state index in [1.54, 1.807) is 23.4 Å². The topological polar surface area (TPSA) is 101 Å². The van der Waals surface area contributed by atoms with Gasteiger partial charge in [0.25, 0.3) is 5.91 Å². The fourth-order valence-corrected chi connectivity index (χ4v) is 5.12. The lowest BCUT2D eigenvalue weighted by Crippen LogP contribution is -2.32. The minimum absolute atomic E-state index is 0.108. The van der Waals surface area contributed by atoms with Crippen LogP contribution >= 0.6 is 22.7 Å². The first-order chi connectivity index (χ1) is 17.6. The summed E-state index contributed by atoms with van der Waals surface area (Å²) in [5.74, 6) is 0.412. The summed E-state index contributed by atoms with van der Waals surface area (Å²) in [6, 6.07) is 13.4. The van der Waals surface area contributed by atoms with E-state index in [0.29, 0.717) is 46.7 Å². The fourth-order valence-electron chi connectivity index (χ4n) is 3.61. The van der Waals surface area contributed by atoms with Gasteiger partial charge in [0.15, 0.2) is 10.9 Å². The van der Waals surface area contributed by atoms with E-state index < -0.39 is 0 Å². The molecule has 4 heterocycles. The van der Waals surface area contributed by atoms with Crippen molar-refractivity contribution in [2.75, 3.05) is 11.4 Å². The predicted molar refractivity (Wildman–Crippen MR) is 141 cm³/mol. The van der Waals surface area contributed by atoms with Crippen LogP contribution in [-0.2, 0) is 11.3 Å². The normalized spacial score (nSPS) is 11.0. The van der Waals surface area contributed by atoms with Crippen LogP contribution in [0.2, 0.25) is 0 Å². The summed E-state index contributed by atoms with van der Waals surface area (Å²) in [6.07, 6.45) is 4.08. The Morgan fingerprint density at radius 2 is 1.97 bits per heavy atom. The van der Waals surface area contributed by atoms with Crippen molar-refractivity contribution in [2.24, 2.45) is 0 Å². The number of nitrogens with zero attached hydrogens (tertiary/aromatic N) is 4. The molecular weight excluding hydrogens is 494 g/mol. The van der Waals surface area contributed by atoms with E-state index >= 15 is 0 Å². The molecule has 0 spiro atoms. The van der Waals surface area contributed by atoms with Crippen LogP contribution in [0.15, 0.2) is 70.0 Å². The summed E-state index contributed by atoms with van der Waals surface area (Å²) in [7, 11) is 0. The molecule has 0 atom stereocenters. The molecule has 0 bridgehead atoms. The fraction of sp³-hybridized carbons (Fsp3) is 0.192. The third-order valence-corrected chi connectivity index (χ3v) is 7.19. The van der Waals surface area contributed by atoms with Crippen molar-refractivity contribution in [2.45, 2.75) is 26.3 Å². The van der Waals surface area contributed by atoms with E-state index in [-0.39, 0.29) is 18.2 Å². The number of hydrogen-bond donors (Lipinski definition) is 1. The van der Waals surface area contributed by atoms with Gasteiger partial charge in [-0.15, -0.1) is 22.7 Å². The second-order valence-electron chi connectivity index (χ2n) is 8.13. The summed E-state index contributed by atoms with van der Waals surface area (Å²) >= 11 is 2.76.